The fourth-order valence-electron chi connectivity index (χ4n) is 2.12. The lowest BCUT2D eigenvalue weighted by atomic mass is 10.1. The highest BCUT2D eigenvalue weighted by Crippen LogP contribution is 2.44. The van der Waals surface area contributed by atoms with E-state index in [0.717, 1.165) is 31.0 Å². The van der Waals surface area contributed by atoms with E-state index >= 15 is 0 Å². The van der Waals surface area contributed by atoms with Crippen LogP contribution in [0.25, 0.3) is 0 Å². The van der Waals surface area contributed by atoms with Gasteiger partial charge in [-0.05, 0) is 37.5 Å². The third-order valence-electron chi connectivity index (χ3n) is 3.17. The number of terminal acetylenes is 1. The first-order valence-corrected chi connectivity index (χ1v) is 5.79. The first-order valence-electron chi connectivity index (χ1n) is 5.79. The molecular weight excluding hydrogens is 172 g/mol. The minimum Gasteiger partial charge on any atom is -0.312 e. The van der Waals surface area contributed by atoms with Crippen molar-refractivity contribution in [2.75, 3.05) is 19.6 Å². The Morgan fingerprint density at radius 1 is 1.14 bits per heavy atom. The monoisotopic (exact) mass is 192 g/mol. The molecular formula is C12H20N2. The van der Waals surface area contributed by atoms with Crippen molar-refractivity contribution in [3.8, 4) is 12.3 Å². The second kappa shape index (κ2) is 4.82. The fraction of sp³-hybridized carbons (Fsp3) is 0.833. The van der Waals surface area contributed by atoms with Crippen LogP contribution in [-0.2, 0) is 0 Å². The Bertz CT molecular complexity index is 199. The Kier molecular flexibility index (Phi) is 3.44. The molecule has 0 atom stereocenters. The van der Waals surface area contributed by atoms with Gasteiger partial charge >= 0.3 is 0 Å². The lowest BCUT2D eigenvalue weighted by Crippen LogP contribution is -2.38. The zero-order chi connectivity index (χ0) is 9.80. The average Bonchev–Trinajstić information content (AvgIpc) is 3.03. The molecule has 2 rings (SSSR count). The summed E-state index contributed by atoms with van der Waals surface area (Å²) in [4.78, 5) is 0. The van der Waals surface area contributed by atoms with Gasteiger partial charge in [0.15, 0.2) is 0 Å². The van der Waals surface area contributed by atoms with Crippen molar-refractivity contribution in [2.24, 2.45) is 11.8 Å². The molecule has 0 bridgehead atoms. The summed E-state index contributed by atoms with van der Waals surface area (Å²) >= 11 is 0. The number of hydrogen-bond acceptors (Lipinski definition) is 2. The molecule has 2 saturated carbocycles. The summed E-state index contributed by atoms with van der Waals surface area (Å²) in [6, 6.07) is 0.822. The zero-order valence-electron chi connectivity index (χ0n) is 8.76. The highest BCUT2D eigenvalue weighted by molar-refractivity contribution is 4.96. The second-order valence-electron chi connectivity index (χ2n) is 4.54. The van der Waals surface area contributed by atoms with E-state index in [0.29, 0.717) is 6.54 Å². The van der Waals surface area contributed by atoms with Crippen molar-refractivity contribution in [3.05, 3.63) is 0 Å². The van der Waals surface area contributed by atoms with Gasteiger partial charge in [-0.25, -0.2) is 0 Å². The molecule has 0 saturated heterocycles. The Labute approximate surface area is 86.8 Å². The summed E-state index contributed by atoms with van der Waals surface area (Å²) in [6.45, 7) is 2.76. The van der Waals surface area contributed by atoms with Crippen LogP contribution in [0.4, 0.5) is 0 Å². The van der Waals surface area contributed by atoms with E-state index in [2.05, 4.69) is 16.6 Å². The van der Waals surface area contributed by atoms with Crippen molar-refractivity contribution in [1.29, 1.82) is 0 Å². The largest absolute Gasteiger partial charge is 0.312 e. The van der Waals surface area contributed by atoms with Crippen LogP contribution < -0.4 is 10.6 Å². The SMILES string of the molecule is C#CCNCCNC(C1CC1)C1CC1. The van der Waals surface area contributed by atoms with Crippen molar-refractivity contribution >= 4 is 0 Å². The Hall–Kier alpha value is -0.520. The molecule has 2 nitrogen and oxygen atoms in total. The van der Waals surface area contributed by atoms with E-state index in [1.54, 1.807) is 0 Å². The minimum absolute atomic E-state index is 0.694. The average molecular weight is 192 g/mol. The van der Waals surface area contributed by atoms with E-state index in [4.69, 9.17) is 6.42 Å². The van der Waals surface area contributed by atoms with Gasteiger partial charge in [0, 0.05) is 19.1 Å². The van der Waals surface area contributed by atoms with Crippen molar-refractivity contribution in [1.82, 2.24) is 10.6 Å². The van der Waals surface area contributed by atoms with Gasteiger partial charge in [0.2, 0.25) is 0 Å². The third-order valence-corrected chi connectivity index (χ3v) is 3.17. The maximum absolute atomic E-state index is 5.15. The number of hydrogen-bond donors (Lipinski definition) is 2. The van der Waals surface area contributed by atoms with Crippen LogP contribution in [0.3, 0.4) is 0 Å². The fourth-order valence-corrected chi connectivity index (χ4v) is 2.12. The lowest BCUT2D eigenvalue weighted by molar-refractivity contribution is 0.416. The number of rotatable bonds is 7. The molecule has 2 aliphatic rings. The molecule has 0 aromatic rings. The van der Waals surface area contributed by atoms with Gasteiger partial charge < -0.3 is 10.6 Å². The number of nitrogens with one attached hydrogen (secondary N) is 2. The summed E-state index contributed by atoms with van der Waals surface area (Å²) in [7, 11) is 0. The van der Waals surface area contributed by atoms with Crippen LogP contribution in [0.1, 0.15) is 25.7 Å². The smallest absolute Gasteiger partial charge is 0.0574 e. The van der Waals surface area contributed by atoms with Crippen LogP contribution in [0.15, 0.2) is 0 Å². The zero-order valence-corrected chi connectivity index (χ0v) is 8.76. The summed E-state index contributed by atoms with van der Waals surface area (Å²) in [5.41, 5.74) is 0. The van der Waals surface area contributed by atoms with Crippen LogP contribution >= 0.6 is 0 Å². The Morgan fingerprint density at radius 2 is 1.79 bits per heavy atom. The maximum atomic E-state index is 5.15. The normalized spacial score (nSPS) is 21.1. The summed E-state index contributed by atoms with van der Waals surface area (Å²) in [6.07, 6.45) is 11.0. The first-order chi connectivity index (χ1) is 6.92. The molecule has 0 unspecified atom stereocenters. The summed E-state index contributed by atoms with van der Waals surface area (Å²) < 4.78 is 0. The molecule has 0 heterocycles. The molecule has 2 aliphatic carbocycles. The molecule has 0 aromatic heterocycles. The topological polar surface area (TPSA) is 24.1 Å². The molecule has 2 N–H and O–H groups in total. The van der Waals surface area contributed by atoms with Gasteiger partial charge in [0.05, 0.1) is 6.54 Å². The van der Waals surface area contributed by atoms with Gasteiger partial charge in [-0.3, -0.25) is 0 Å². The predicted octanol–water partition coefficient (Wildman–Crippen LogP) is 0.987. The quantitative estimate of drug-likeness (QED) is 0.464. The van der Waals surface area contributed by atoms with Crippen LogP contribution in [-0.4, -0.2) is 25.7 Å². The van der Waals surface area contributed by atoms with E-state index in [1.807, 2.05) is 0 Å². The van der Waals surface area contributed by atoms with Gasteiger partial charge in [-0.15, -0.1) is 6.42 Å². The van der Waals surface area contributed by atoms with Gasteiger partial charge in [0.25, 0.3) is 0 Å². The van der Waals surface area contributed by atoms with Gasteiger partial charge in [-0.2, -0.15) is 0 Å². The van der Waals surface area contributed by atoms with Crippen LogP contribution in [0, 0.1) is 24.2 Å². The summed E-state index contributed by atoms with van der Waals surface area (Å²) in [5, 5.41) is 6.88. The Balaban J connectivity index is 1.56. The molecule has 0 aromatic carbocycles. The predicted molar refractivity (Wildman–Crippen MR) is 58.9 cm³/mol. The first kappa shape index (κ1) is 10.0. The van der Waals surface area contributed by atoms with E-state index in [9.17, 15) is 0 Å². The molecule has 0 spiro atoms. The highest BCUT2D eigenvalue weighted by atomic mass is 15.0. The van der Waals surface area contributed by atoms with Crippen LogP contribution in [0.2, 0.25) is 0 Å². The Morgan fingerprint density at radius 3 is 2.29 bits per heavy atom. The van der Waals surface area contributed by atoms with Gasteiger partial charge in [0.1, 0.15) is 0 Å². The van der Waals surface area contributed by atoms with Crippen molar-refractivity contribution in [3.63, 3.8) is 0 Å². The molecule has 2 heteroatoms. The summed E-state index contributed by atoms with van der Waals surface area (Å²) in [5.74, 6) is 4.58. The molecule has 0 radical (unpaired) electrons. The molecule has 0 amide bonds. The van der Waals surface area contributed by atoms with Crippen molar-refractivity contribution in [2.45, 2.75) is 31.7 Å². The van der Waals surface area contributed by atoms with Crippen molar-refractivity contribution < 1.29 is 0 Å². The van der Waals surface area contributed by atoms with E-state index in [1.165, 1.54) is 25.7 Å². The maximum Gasteiger partial charge on any atom is 0.0574 e. The molecule has 0 aliphatic heterocycles. The van der Waals surface area contributed by atoms with Gasteiger partial charge in [-0.1, -0.05) is 5.92 Å². The lowest BCUT2D eigenvalue weighted by Gasteiger charge is -2.17. The molecule has 78 valence electrons. The second-order valence-corrected chi connectivity index (χ2v) is 4.54. The molecule has 14 heavy (non-hydrogen) atoms. The standard InChI is InChI=1S/C12H20N2/c1-2-7-13-8-9-14-12(10-3-4-10)11-5-6-11/h1,10-14H,3-9H2. The van der Waals surface area contributed by atoms with E-state index < -0.39 is 0 Å². The highest BCUT2D eigenvalue weighted by Gasteiger charge is 2.40. The van der Waals surface area contributed by atoms with Crippen LogP contribution in [0.5, 0.6) is 0 Å². The minimum atomic E-state index is 0.694. The third kappa shape index (κ3) is 3.01. The molecule has 2 fully saturated rings. The van der Waals surface area contributed by atoms with E-state index in [-0.39, 0.29) is 0 Å².